The molecule has 0 saturated carbocycles. The molecule has 0 spiro atoms. The van der Waals surface area contributed by atoms with E-state index in [-0.39, 0.29) is 17.5 Å². The van der Waals surface area contributed by atoms with Gasteiger partial charge in [-0.2, -0.15) is 0 Å². The van der Waals surface area contributed by atoms with Crippen molar-refractivity contribution in [2.45, 2.75) is 20.8 Å². The van der Waals surface area contributed by atoms with Crippen molar-refractivity contribution in [2.24, 2.45) is 0 Å². The van der Waals surface area contributed by atoms with Gasteiger partial charge in [0.2, 0.25) is 5.91 Å². The van der Waals surface area contributed by atoms with Crippen LogP contribution in [0.4, 0.5) is 22.9 Å². The van der Waals surface area contributed by atoms with Crippen LogP contribution >= 0.6 is 0 Å². The maximum atomic E-state index is 12.4. The summed E-state index contributed by atoms with van der Waals surface area (Å²) in [5.74, 6) is 0.0258. The third kappa shape index (κ3) is 4.91. The Morgan fingerprint density at radius 3 is 2.32 bits per heavy atom. The van der Waals surface area contributed by atoms with Crippen molar-refractivity contribution in [3.63, 3.8) is 0 Å². The maximum Gasteiger partial charge on any atom is 0.276 e. The second kappa shape index (κ2) is 8.30. The van der Waals surface area contributed by atoms with Crippen LogP contribution in [0.25, 0.3) is 0 Å². The Kier molecular flexibility index (Phi) is 5.64. The van der Waals surface area contributed by atoms with Gasteiger partial charge in [0.1, 0.15) is 0 Å². The minimum Gasteiger partial charge on any atom is -0.339 e. The van der Waals surface area contributed by atoms with Gasteiger partial charge in [0.05, 0.1) is 0 Å². The zero-order chi connectivity index (χ0) is 20.1. The van der Waals surface area contributed by atoms with Gasteiger partial charge in [-0.05, 0) is 55.8 Å². The van der Waals surface area contributed by atoms with E-state index in [0.29, 0.717) is 11.5 Å². The van der Waals surface area contributed by atoms with E-state index in [9.17, 15) is 9.59 Å². The molecule has 0 aliphatic rings. The molecule has 0 bridgehead atoms. The molecule has 3 rings (SSSR count). The van der Waals surface area contributed by atoms with Crippen molar-refractivity contribution in [3.8, 4) is 0 Å². The molecule has 0 unspecified atom stereocenters. The highest BCUT2D eigenvalue weighted by Crippen LogP contribution is 2.19. The summed E-state index contributed by atoms with van der Waals surface area (Å²) in [5.41, 5.74) is 4.50. The van der Waals surface area contributed by atoms with Crippen LogP contribution < -0.4 is 16.0 Å². The highest BCUT2D eigenvalue weighted by atomic mass is 16.2. The van der Waals surface area contributed by atoms with Crippen molar-refractivity contribution in [3.05, 3.63) is 71.4 Å². The van der Waals surface area contributed by atoms with E-state index >= 15 is 0 Å². The third-order valence-corrected chi connectivity index (χ3v) is 3.98. The molecule has 3 N–H and O–H groups in total. The zero-order valence-electron chi connectivity index (χ0n) is 15.9. The summed E-state index contributed by atoms with van der Waals surface area (Å²) in [6, 6.07) is 16.3. The van der Waals surface area contributed by atoms with Crippen molar-refractivity contribution in [2.75, 3.05) is 16.0 Å². The molecule has 2 amide bonds. The van der Waals surface area contributed by atoms with E-state index in [4.69, 9.17) is 0 Å². The largest absolute Gasteiger partial charge is 0.339 e. The van der Waals surface area contributed by atoms with Gasteiger partial charge in [0.25, 0.3) is 5.91 Å². The summed E-state index contributed by atoms with van der Waals surface area (Å²) in [6.07, 6.45) is 0. The van der Waals surface area contributed by atoms with Gasteiger partial charge in [-0.25, -0.2) is 0 Å². The summed E-state index contributed by atoms with van der Waals surface area (Å²) in [6.45, 7) is 5.39. The summed E-state index contributed by atoms with van der Waals surface area (Å²) in [5, 5.41) is 16.7. The van der Waals surface area contributed by atoms with E-state index in [1.807, 2.05) is 44.2 Å². The lowest BCUT2D eigenvalue weighted by Crippen LogP contribution is -2.15. The van der Waals surface area contributed by atoms with Gasteiger partial charge in [0, 0.05) is 24.0 Å². The Hall–Kier alpha value is -3.74. The van der Waals surface area contributed by atoms with Gasteiger partial charge in [-0.3, -0.25) is 9.59 Å². The average molecular weight is 375 g/mol. The number of benzene rings is 2. The fraction of sp³-hybridized carbons (Fsp3) is 0.143. The van der Waals surface area contributed by atoms with Crippen LogP contribution in [0.5, 0.6) is 0 Å². The molecule has 2 aromatic carbocycles. The SMILES string of the molecule is CC(=O)Nc1cccc(Nc2ccc(C(=O)Nc3ccc(C)cc3C)nn2)c1. The van der Waals surface area contributed by atoms with E-state index in [1.165, 1.54) is 6.92 Å². The van der Waals surface area contributed by atoms with Gasteiger partial charge in [-0.15, -0.1) is 10.2 Å². The average Bonchev–Trinajstić information content (AvgIpc) is 2.64. The summed E-state index contributed by atoms with van der Waals surface area (Å²) < 4.78 is 0. The number of nitrogens with zero attached hydrogens (tertiary/aromatic N) is 2. The number of aromatic nitrogens is 2. The van der Waals surface area contributed by atoms with Crippen LogP contribution in [0.15, 0.2) is 54.6 Å². The molecule has 0 aliphatic carbocycles. The Bertz CT molecular complexity index is 1020. The fourth-order valence-corrected chi connectivity index (χ4v) is 2.69. The predicted molar refractivity (Wildman–Crippen MR) is 110 cm³/mol. The third-order valence-electron chi connectivity index (χ3n) is 3.98. The van der Waals surface area contributed by atoms with Crippen molar-refractivity contribution < 1.29 is 9.59 Å². The predicted octanol–water partition coefficient (Wildman–Crippen LogP) is 4.05. The molecule has 142 valence electrons. The van der Waals surface area contributed by atoms with Crippen molar-refractivity contribution >= 4 is 34.7 Å². The highest BCUT2D eigenvalue weighted by Gasteiger charge is 2.10. The second-order valence-electron chi connectivity index (χ2n) is 6.46. The number of aryl methyl sites for hydroxylation is 2. The standard InChI is InChI=1S/C21H21N5O2/c1-13-7-8-18(14(2)11-13)24-21(28)19-9-10-20(26-25-19)23-17-6-4-5-16(12-17)22-15(3)27/h4-12H,1-3H3,(H,22,27)(H,23,26)(H,24,28). The van der Waals surface area contributed by atoms with E-state index in [1.54, 1.807) is 24.3 Å². The van der Waals surface area contributed by atoms with Crippen LogP contribution in [0.3, 0.4) is 0 Å². The first-order chi connectivity index (χ1) is 13.4. The van der Waals surface area contributed by atoms with Gasteiger partial charge >= 0.3 is 0 Å². The quantitative estimate of drug-likeness (QED) is 0.625. The lowest BCUT2D eigenvalue weighted by atomic mass is 10.1. The first kappa shape index (κ1) is 19.0. The molecule has 0 fully saturated rings. The van der Waals surface area contributed by atoms with E-state index in [0.717, 1.165) is 22.5 Å². The summed E-state index contributed by atoms with van der Waals surface area (Å²) in [7, 11) is 0. The molecule has 3 aromatic rings. The fourth-order valence-electron chi connectivity index (χ4n) is 2.69. The minimum atomic E-state index is -0.321. The lowest BCUT2D eigenvalue weighted by Gasteiger charge is -2.10. The molecular weight excluding hydrogens is 354 g/mol. The lowest BCUT2D eigenvalue weighted by molar-refractivity contribution is -0.114. The molecule has 0 saturated heterocycles. The molecule has 7 nitrogen and oxygen atoms in total. The van der Waals surface area contributed by atoms with Crippen molar-refractivity contribution in [1.29, 1.82) is 0 Å². The molecular formula is C21H21N5O2. The normalized spacial score (nSPS) is 10.2. The number of nitrogens with one attached hydrogen (secondary N) is 3. The number of hydrogen-bond donors (Lipinski definition) is 3. The number of anilines is 4. The van der Waals surface area contributed by atoms with Crippen LogP contribution in [0.1, 0.15) is 28.5 Å². The Balaban J connectivity index is 1.67. The number of carbonyl (C=O) groups is 2. The minimum absolute atomic E-state index is 0.142. The van der Waals surface area contributed by atoms with Crippen LogP contribution in [0, 0.1) is 13.8 Å². The Morgan fingerprint density at radius 2 is 1.64 bits per heavy atom. The van der Waals surface area contributed by atoms with Crippen LogP contribution in [-0.2, 0) is 4.79 Å². The monoisotopic (exact) mass is 375 g/mol. The van der Waals surface area contributed by atoms with Crippen LogP contribution in [0.2, 0.25) is 0 Å². The maximum absolute atomic E-state index is 12.4. The molecule has 1 heterocycles. The molecule has 0 aliphatic heterocycles. The van der Waals surface area contributed by atoms with E-state index in [2.05, 4.69) is 26.1 Å². The Morgan fingerprint density at radius 1 is 0.857 bits per heavy atom. The number of carbonyl (C=O) groups excluding carboxylic acids is 2. The van der Waals surface area contributed by atoms with Gasteiger partial charge in [0.15, 0.2) is 11.5 Å². The number of amides is 2. The number of hydrogen-bond acceptors (Lipinski definition) is 5. The first-order valence-corrected chi connectivity index (χ1v) is 8.78. The van der Waals surface area contributed by atoms with Crippen molar-refractivity contribution in [1.82, 2.24) is 10.2 Å². The van der Waals surface area contributed by atoms with Gasteiger partial charge in [-0.1, -0.05) is 23.8 Å². The van der Waals surface area contributed by atoms with Gasteiger partial charge < -0.3 is 16.0 Å². The molecule has 28 heavy (non-hydrogen) atoms. The molecule has 0 atom stereocenters. The highest BCUT2D eigenvalue weighted by molar-refractivity contribution is 6.03. The zero-order valence-corrected chi connectivity index (χ0v) is 15.9. The smallest absolute Gasteiger partial charge is 0.276 e. The number of rotatable bonds is 5. The molecule has 7 heteroatoms. The van der Waals surface area contributed by atoms with Crippen LogP contribution in [-0.4, -0.2) is 22.0 Å². The Labute approximate surface area is 163 Å². The molecule has 1 aromatic heterocycles. The topological polar surface area (TPSA) is 96.0 Å². The summed E-state index contributed by atoms with van der Waals surface area (Å²) in [4.78, 5) is 23.6. The second-order valence-corrected chi connectivity index (χ2v) is 6.46. The summed E-state index contributed by atoms with van der Waals surface area (Å²) >= 11 is 0. The molecule has 0 radical (unpaired) electrons. The first-order valence-electron chi connectivity index (χ1n) is 8.78. The van der Waals surface area contributed by atoms with E-state index < -0.39 is 0 Å².